The molecule has 0 radical (unpaired) electrons. The number of rotatable bonds is 5. The molecule has 35 heavy (non-hydrogen) atoms. The number of fused-ring (bicyclic) bond motifs is 1. The Labute approximate surface area is 200 Å². The van der Waals surface area contributed by atoms with Crippen LogP contribution in [-0.2, 0) is 4.79 Å². The lowest BCUT2D eigenvalue weighted by atomic mass is 9.96. The zero-order chi connectivity index (χ0) is 24.7. The quantitative estimate of drug-likeness (QED) is 0.576. The molecule has 3 aromatic heterocycles. The van der Waals surface area contributed by atoms with Crippen LogP contribution in [0.15, 0.2) is 30.1 Å². The van der Waals surface area contributed by atoms with E-state index < -0.39 is 18.6 Å². The first kappa shape index (κ1) is 23.3. The molecule has 0 saturated carbocycles. The van der Waals surface area contributed by atoms with Crippen molar-refractivity contribution in [2.45, 2.75) is 51.1 Å². The van der Waals surface area contributed by atoms with Gasteiger partial charge in [-0.2, -0.15) is 9.61 Å². The number of imidazole rings is 1. The largest absolute Gasteiger partial charge is 0.387 e. The Hall–Kier alpha value is -3.47. The summed E-state index contributed by atoms with van der Waals surface area (Å²) in [6.07, 6.45) is 2.38. The zero-order valence-electron chi connectivity index (χ0n) is 19.6. The molecule has 1 saturated heterocycles. The Kier molecular flexibility index (Phi) is 6.18. The van der Waals surface area contributed by atoms with E-state index in [1.807, 2.05) is 13.8 Å². The molecule has 0 spiro atoms. The number of nitrogens with one attached hydrogen (secondary N) is 1. The summed E-state index contributed by atoms with van der Waals surface area (Å²) in [5.41, 5.74) is 2.28. The van der Waals surface area contributed by atoms with Crippen LogP contribution in [0.3, 0.4) is 0 Å². The molecular weight excluding hydrogens is 456 g/mol. The fourth-order valence-corrected chi connectivity index (χ4v) is 4.61. The number of aliphatic hydroxyl groups excluding tert-OH is 1. The molecule has 4 heterocycles. The highest BCUT2D eigenvalue weighted by molar-refractivity contribution is 5.83. The van der Waals surface area contributed by atoms with Crippen LogP contribution in [0.25, 0.3) is 22.6 Å². The second kappa shape index (κ2) is 9.29. The maximum atomic E-state index is 14.9. The van der Waals surface area contributed by atoms with Gasteiger partial charge in [-0.15, -0.1) is 10.2 Å². The molecular formula is C24H27F2N7O2. The van der Waals surface area contributed by atoms with Crippen molar-refractivity contribution in [2.75, 3.05) is 19.7 Å². The van der Waals surface area contributed by atoms with Gasteiger partial charge in [0.2, 0.25) is 5.91 Å². The molecule has 11 heteroatoms. The predicted molar refractivity (Wildman–Crippen MR) is 125 cm³/mol. The third kappa shape index (κ3) is 4.36. The smallest absolute Gasteiger partial charge is 0.248 e. The van der Waals surface area contributed by atoms with Crippen molar-refractivity contribution >= 4 is 17.1 Å². The average Bonchev–Trinajstić information content (AvgIpc) is 3.48. The summed E-state index contributed by atoms with van der Waals surface area (Å²) in [7, 11) is 0. The fourth-order valence-electron chi connectivity index (χ4n) is 4.61. The SMILES string of the molecule is CC(C)c1nnc2ccc(-c3[nH]c(C4CCN(C(=O)CO)CC4)nc3C3=C(F)CC(F)C=C3)nn12. The zero-order valence-corrected chi connectivity index (χ0v) is 19.6. The number of H-pyrrole nitrogens is 1. The highest BCUT2D eigenvalue weighted by atomic mass is 19.1. The van der Waals surface area contributed by atoms with Gasteiger partial charge in [-0.05, 0) is 31.1 Å². The molecule has 1 fully saturated rings. The molecule has 5 rings (SSSR count). The predicted octanol–water partition coefficient (Wildman–Crippen LogP) is 3.31. The number of hydrogen-bond donors (Lipinski definition) is 2. The molecule has 1 aliphatic heterocycles. The molecule has 2 N–H and O–H groups in total. The molecule has 9 nitrogen and oxygen atoms in total. The molecule has 1 aliphatic carbocycles. The van der Waals surface area contributed by atoms with Crippen LogP contribution in [-0.4, -0.2) is 71.6 Å². The summed E-state index contributed by atoms with van der Waals surface area (Å²) in [4.78, 5) is 21.6. The van der Waals surface area contributed by atoms with Crippen molar-refractivity contribution in [1.29, 1.82) is 0 Å². The molecule has 3 aromatic rings. The summed E-state index contributed by atoms with van der Waals surface area (Å²) < 4.78 is 30.3. The van der Waals surface area contributed by atoms with Gasteiger partial charge >= 0.3 is 0 Å². The number of nitrogens with zero attached hydrogens (tertiary/aromatic N) is 6. The molecule has 2 aliphatic rings. The lowest BCUT2D eigenvalue weighted by molar-refractivity contribution is -0.135. The van der Waals surface area contributed by atoms with E-state index in [-0.39, 0.29) is 29.7 Å². The molecule has 1 atom stereocenters. The standard InChI is InChI=1S/C24H27F2N7O2/c1-13(2)24-30-29-19-6-5-18(31-33(19)24)22-21(16-4-3-15(25)11-17(16)26)27-23(28-22)14-7-9-32(10-8-14)20(35)12-34/h3-6,13-15,34H,7-12H2,1-2H3,(H,27,28). The average molecular weight is 484 g/mol. The van der Waals surface area contributed by atoms with Crippen LogP contribution in [0.1, 0.15) is 62.3 Å². The number of likely N-dealkylation sites (tertiary alicyclic amines) is 1. The minimum atomic E-state index is -1.37. The molecule has 184 valence electrons. The lowest BCUT2D eigenvalue weighted by Gasteiger charge is -2.30. The van der Waals surface area contributed by atoms with Gasteiger partial charge in [0, 0.05) is 36.9 Å². The number of aromatic amines is 1. The second-order valence-electron chi connectivity index (χ2n) is 9.26. The number of aliphatic hydroxyl groups is 1. The maximum absolute atomic E-state index is 14.9. The van der Waals surface area contributed by atoms with Crippen LogP contribution < -0.4 is 0 Å². The van der Waals surface area contributed by atoms with Gasteiger partial charge in [0.15, 0.2) is 11.5 Å². The minimum Gasteiger partial charge on any atom is -0.387 e. The summed E-state index contributed by atoms with van der Waals surface area (Å²) in [6.45, 7) is 4.49. The molecule has 1 unspecified atom stereocenters. The summed E-state index contributed by atoms with van der Waals surface area (Å²) in [5, 5.41) is 22.2. The normalized spacial score (nSPS) is 19.4. The Morgan fingerprint density at radius 3 is 2.71 bits per heavy atom. The van der Waals surface area contributed by atoms with E-state index in [9.17, 15) is 13.6 Å². The van der Waals surface area contributed by atoms with Crippen molar-refractivity contribution in [2.24, 2.45) is 0 Å². The van der Waals surface area contributed by atoms with Gasteiger partial charge in [-0.3, -0.25) is 4.79 Å². The van der Waals surface area contributed by atoms with Crippen molar-refractivity contribution in [3.63, 3.8) is 0 Å². The van der Waals surface area contributed by atoms with Crippen LogP contribution in [0.5, 0.6) is 0 Å². The number of carbonyl (C=O) groups is 1. The van der Waals surface area contributed by atoms with Gasteiger partial charge in [-0.25, -0.2) is 13.8 Å². The van der Waals surface area contributed by atoms with E-state index in [0.29, 0.717) is 60.3 Å². The van der Waals surface area contributed by atoms with Gasteiger partial charge in [0.05, 0.1) is 5.69 Å². The van der Waals surface area contributed by atoms with Crippen LogP contribution in [0, 0.1) is 0 Å². The number of amides is 1. The highest BCUT2D eigenvalue weighted by Gasteiger charge is 2.29. The van der Waals surface area contributed by atoms with E-state index in [4.69, 9.17) is 15.2 Å². The van der Waals surface area contributed by atoms with Crippen molar-refractivity contribution in [3.05, 3.63) is 47.5 Å². The summed E-state index contributed by atoms with van der Waals surface area (Å²) in [5.74, 6) is 0.622. The van der Waals surface area contributed by atoms with Crippen molar-refractivity contribution < 1.29 is 18.7 Å². The molecule has 1 amide bonds. The Bertz CT molecular complexity index is 1320. The van der Waals surface area contributed by atoms with Crippen LogP contribution in [0.4, 0.5) is 8.78 Å². The Balaban J connectivity index is 1.56. The first-order chi connectivity index (χ1) is 16.9. The third-order valence-electron chi connectivity index (χ3n) is 6.54. The number of alkyl halides is 1. The van der Waals surface area contributed by atoms with Gasteiger partial charge in [-0.1, -0.05) is 19.9 Å². The van der Waals surface area contributed by atoms with Crippen LogP contribution >= 0.6 is 0 Å². The topological polar surface area (TPSA) is 112 Å². The number of allylic oxidation sites excluding steroid dienone is 4. The van der Waals surface area contributed by atoms with E-state index in [0.717, 1.165) is 0 Å². The second-order valence-corrected chi connectivity index (χ2v) is 9.26. The van der Waals surface area contributed by atoms with E-state index in [1.165, 1.54) is 12.2 Å². The number of carbonyl (C=O) groups excluding carboxylic acids is 1. The first-order valence-corrected chi connectivity index (χ1v) is 11.8. The third-order valence-corrected chi connectivity index (χ3v) is 6.54. The van der Waals surface area contributed by atoms with Crippen molar-refractivity contribution in [3.8, 4) is 11.4 Å². The monoisotopic (exact) mass is 483 g/mol. The number of aromatic nitrogens is 6. The number of hydrogen-bond acceptors (Lipinski definition) is 6. The van der Waals surface area contributed by atoms with E-state index in [2.05, 4.69) is 15.2 Å². The van der Waals surface area contributed by atoms with Crippen LogP contribution in [0.2, 0.25) is 0 Å². The van der Waals surface area contributed by atoms with Gasteiger partial charge in [0.25, 0.3) is 0 Å². The summed E-state index contributed by atoms with van der Waals surface area (Å²) in [6, 6.07) is 3.57. The highest BCUT2D eigenvalue weighted by Crippen LogP contribution is 2.37. The van der Waals surface area contributed by atoms with E-state index >= 15 is 0 Å². The van der Waals surface area contributed by atoms with Gasteiger partial charge < -0.3 is 15.0 Å². The fraction of sp³-hybridized carbons (Fsp3) is 0.458. The minimum absolute atomic E-state index is 0.0141. The Morgan fingerprint density at radius 2 is 2.03 bits per heavy atom. The van der Waals surface area contributed by atoms with Crippen molar-refractivity contribution in [1.82, 2.24) is 34.7 Å². The number of piperidine rings is 1. The molecule has 0 bridgehead atoms. The Morgan fingerprint density at radius 1 is 1.26 bits per heavy atom. The van der Waals surface area contributed by atoms with E-state index in [1.54, 1.807) is 21.5 Å². The summed E-state index contributed by atoms with van der Waals surface area (Å²) >= 11 is 0. The first-order valence-electron chi connectivity index (χ1n) is 11.8. The van der Waals surface area contributed by atoms with Gasteiger partial charge in [0.1, 0.15) is 35.8 Å². The lowest BCUT2D eigenvalue weighted by Crippen LogP contribution is -2.39. The number of halogens is 2. The molecule has 0 aromatic carbocycles. The maximum Gasteiger partial charge on any atom is 0.248 e.